The highest BCUT2D eigenvalue weighted by Gasteiger charge is 2.39. The lowest BCUT2D eigenvalue weighted by Crippen LogP contribution is -2.32. The zero-order valence-corrected chi connectivity index (χ0v) is 14.4. The van der Waals surface area contributed by atoms with Gasteiger partial charge in [0.2, 0.25) is 5.89 Å². The summed E-state index contributed by atoms with van der Waals surface area (Å²) in [5.41, 5.74) is 2.35. The number of para-hydroxylation sites is 1. The van der Waals surface area contributed by atoms with Crippen molar-refractivity contribution >= 4 is 11.6 Å². The number of anilines is 1. The SMILES string of the molecule is CC(C)c1noc(C2Cc3ccccc3N2C(=O)c2cn(C)cn2)n1. The number of aromatic nitrogens is 4. The van der Waals surface area contributed by atoms with Gasteiger partial charge in [-0.2, -0.15) is 4.98 Å². The highest BCUT2D eigenvalue weighted by Crippen LogP contribution is 2.40. The van der Waals surface area contributed by atoms with Crippen molar-refractivity contribution in [3.8, 4) is 0 Å². The maximum absolute atomic E-state index is 13.1. The summed E-state index contributed by atoms with van der Waals surface area (Å²) >= 11 is 0. The minimum Gasteiger partial charge on any atom is -0.340 e. The minimum absolute atomic E-state index is 0.167. The van der Waals surface area contributed by atoms with Crippen LogP contribution in [0.4, 0.5) is 5.69 Å². The van der Waals surface area contributed by atoms with Crippen LogP contribution in [0, 0.1) is 0 Å². The Bertz CT molecular complexity index is 927. The molecule has 1 amide bonds. The maximum atomic E-state index is 13.1. The summed E-state index contributed by atoms with van der Waals surface area (Å²) < 4.78 is 7.24. The Balaban J connectivity index is 1.76. The number of rotatable bonds is 3. The quantitative estimate of drug-likeness (QED) is 0.734. The Hall–Kier alpha value is -2.96. The molecule has 7 heteroatoms. The molecule has 7 nitrogen and oxygen atoms in total. The van der Waals surface area contributed by atoms with Crippen molar-refractivity contribution in [2.45, 2.75) is 32.2 Å². The maximum Gasteiger partial charge on any atom is 0.279 e. The monoisotopic (exact) mass is 337 g/mol. The van der Waals surface area contributed by atoms with Crippen LogP contribution in [0.1, 0.15) is 53.6 Å². The molecule has 0 saturated heterocycles. The number of benzene rings is 1. The number of carbonyl (C=O) groups excluding carboxylic acids is 1. The first kappa shape index (κ1) is 15.6. The van der Waals surface area contributed by atoms with Gasteiger partial charge in [-0.1, -0.05) is 37.2 Å². The Labute approximate surface area is 145 Å². The first-order valence-electron chi connectivity index (χ1n) is 8.27. The third kappa shape index (κ3) is 2.61. The van der Waals surface area contributed by atoms with E-state index >= 15 is 0 Å². The van der Waals surface area contributed by atoms with E-state index in [9.17, 15) is 4.79 Å². The lowest BCUT2D eigenvalue weighted by molar-refractivity contribution is 0.0970. The van der Waals surface area contributed by atoms with Crippen molar-refractivity contribution in [1.82, 2.24) is 19.7 Å². The average molecular weight is 337 g/mol. The van der Waals surface area contributed by atoms with E-state index in [0.29, 0.717) is 23.8 Å². The number of fused-ring (bicyclic) bond motifs is 1. The second-order valence-corrected chi connectivity index (χ2v) is 6.59. The topological polar surface area (TPSA) is 77.0 Å². The van der Waals surface area contributed by atoms with E-state index < -0.39 is 0 Å². The molecule has 0 saturated carbocycles. The van der Waals surface area contributed by atoms with E-state index in [1.54, 1.807) is 22.0 Å². The minimum atomic E-state index is -0.313. The van der Waals surface area contributed by atoms with E-state index in [4.69, 9.17) is 4.52 Å². The van der Waals surface area contributed by atoms with Gasteiger partial charge < -0.3 is 9.09 Å². The number of aryl methyl sites for hydroxylation is 1. The van der Waals surface area contributed by atoms with E-state index in [2.05, 4.69) is 15.1 Å². The third-order valence-electron chi connectivity index (χ3n) is 4.38. The zero-order chi connectivity index (χ0) is 17.6. The Morgan fingerprint density at radius 2 is 2.12 bits per heavy atom. The van der Waals surface area contributed by atoms with E-state index in [-0.39, 0.29) is 17.9 Å². The average Bonchev–Trinajstić information content (AvgIpc) is 3.31. The molecule has 0 fully saturated rings. The van der Waals surface area contributed by atoms with Crippen LogP contribution in [0.3, 0.4) is 0 Å². The second kappa shape index (κ2) is 5.84. The molecule has 1 atom stereocenters. The van der Waals surface area contributed by atoms with Crippen LogP contribution < -0.4 is 4.90 Å². The lowest BCUT2D eigenvalue weighted by Gasteiger charge is -2.22. The zero-order valence-electron chi connectivity index (χ0n) is 14.4. The molecule has 0 spiro atoms. The van der Waals surface area contributed by atoms with Gasteiger partial charge in [-0.15, -0.1) is 0 Å². The Kier molecular flexibility index (Phi) is 3.63. The summed E-state index contributed by atoms with van der Waals surface area (Å²) in [7, 11) is 1.84. The number of hydrogen-bond donors (Lipinski definition) is 0. The smallest absolute Gasteiger partial charge is 0.279 e. The molecule has 1 unspecified atom stereocenters. The Morgan fingerprint density at radius 3 is 2.80 bits per heavy atom. The van der Waals surface area contributed by atoms with E-state index in [1.807, 2.05) is 45.2 Å². The predicted octanol–water partition coefficient (Wildman–Crippen LogP) is 2.87. The molecular formula is C18H19N5O2. The molecule has 3 heterocycles. The summed E-state index contributed by atoms with van der Waals surface area (Å²) in [6, 6.07) is 7.54. The van der Waals surface area contributed by atoms with Gasteiger partial charge in [0.1, 0.15) is 11.7 Å². The van der Waals surface area contributed by atoms with Gasteiger partial charge in [-0.3, -0.25) is 9.69 Å². The van der Waals surface area contributed by atoms with Crippen LogP contribution in [0.5, 0.6) is 0 Å². The van der Waals surface area contributed by atoms with Gasteiger partial charge in [-0.05, 0) is 11.6 Å². The van der Waals surface area contributed by atoms with E-state index in [0.717, 1.165) is 11.3 Å². The molecule has 1 aliphatic heterocycles. The number of carbonyl (C=O) groups is 1. The summed E-state index contributed by atoms with van der Waals surface area (Å²) in [6.45, 7) is 4.02. The van der Waals surface area contributed by atoms with Crippen molar-refractivity contribution in [3.63, 3.8) is 0 Å². The number of nitrogens with zero attached hydrogens (tertiary/aromatic N) is 5. The number of amides is 1. The standard InChI is InChI=1S/C18H19N5O2/c1-11(2)16-20-17(25-21-16)15-8-12-6-4-5-7-14(12)23(15)18(24)13-9-22(3)10-19-13/h4-7,9-11,15H,8H2,1-3H3. The third-order valence-corrected chi connectivity index (χ3v) is 4.38. The number of imidazole rings is 1. The molecule has 1 aromatic carbocycles. The summed E-state index contributed by atoms with van der Waals surface area (Å²) in [5, 5.41) is 4.05. The lowest BCUT2D eigenvalue weighted by atomic mass is 10.1. The highest BCUT2D eigenvalue weighted by atomic mass is 16.5. The molecular weight excluding hydrogens is 318 g/mol. The molecule has 4 rings (SSSR count). The van der Waals surface area contributed by atoms with Gasteiger partial charge in [0.05, 0.1) is 6.33 Å². The van der Waals surface area contributed by atoms with E-state index in [1.165, 1.54) is 0 Å². The predicted molar refractivity (Wildman–Crippen MR) is 91.3 cm³/mol. The largest absolute Gasteiger partial charge is 0.340 e. The molecule has 0 N–H and O–H groups in total. The normalized spacial score (nSPS) is 16.5. The highest BCUT2D eigenvalue weighted by molar-refractivity contribution is 6.06. The molecule has 1 aliphatic rings. The van der Waals surface area contributed by atoms with Crippen molar-refractivity contribution in [1.29, 1.82) is 0 Å². The fraction of sp³-hybridized carbons (Fsp3) is 0.333. The van der Waals surface area contributed by atoms with Crippen LogP contribution in [0.2, 0.25) is 0 Å². The van der Waals surface area contributed by atoms with Crippen molar-refractivity contribution < 1.29 is 9.32 Å². The molecule has 2 aromatic heterocycles. The van der Waals surface area contributed by atoms with Gasteiger partial charge in [-0.25, -0.2) is 4.98 Å². The van der Waals surface area contributed by atoms with Crippen molar-refractivity contribution in [2.24, 2.45) is 7.05 Å². The summed E-state index contributed by atoms with van der Waals surface area (Å²) in [4.78, 5) is 23.5. The summed E-state index contributed by atoms with van der Waals surface area (Å²) in [6.07, 6.45) is 3.98. The number of hydrogen-bond acceptors (Lipinski definition) is 5. The van der Waals surface area contributed by atoms with Crippen molar-refractivity contribution in [3.05, 3.63) is 59.8 Å². The van der Waals surface area contributed by atoms with Crippen LogP contribution in [0.25, 0.3) is 0 Å². The van der Waals surface area contributed by atoms with Crippen LogP contribution in [0.15, 0.2) is 41.3 Å². The van der Waals surface area contributed by atoms with Crippen molar-refractivity contribution in [2.75, 3.05) is 4.90 Å². The fourth-order valence-corrected chi connectivity index (χ4v) is 3.10. The molecule has 0 bridgehead atoms. The fourth-order valence-electron chi connectivity index (χ4n) is 3.10. The second-order valence-electron chi connectivity index (χ2n) is 6.59. The molecule has 3 aromatic rings. The first-order valence-corrected chi connectivity index (χ1v) is 8.27. The molecule has 0 aliphatic carbocycles. The van der Waals surface area contributed by atoms with Crippen LogP contribution in [-0.4, -0.2) is 25.6 Å². The van der Waals surface area contributed by atoms with Crippen LogP contribution in [-0.2, 0) is 13.5 Å². The molecule has 128 valence electrons. The first-order chi connectivity index (χ1) is 12.0. The van der Waals surface area contributed by atoms with Gasteiger partial charge >= 0.3 is 0 Å². The van der Waals surface area contributed by atoms with Crippen LogP contribution >= 0.6 is 0 Å². The van der Waals surface area contributed by atoms with Gasteiger partial charge in [0.25, 0.3) is 5.91 Å². The summed E-state index contributed by atoms with van der Waals surface area (Å²) in [5.74, 6) is 1.11. The van der Waals surface area contributed by atoms with Gasteiger partial charge in [0, 0.05) is 31.3 Å². The van der Waals surface area contributed by atoms with Gasteiger partial charge in [0.15, 0.2) is 5.82 Å². The molecule has 25 heavy (non-hydrogen) atoms. The Morgan fingerprint density at radius 1 is 1.32 bits per heavy atom. The molecule has 0 radical (unpaired) electrons.